The second-order valence-corrected chi connectivity index (χ2v) is 8.89. The molecular formula is C23H40IN5O. The first-order valence-electron chi connectivity index (χ1n) is 11.2. The minimum absolute atomic E-state index is 0. The molecule has 0 aliphatic carbocycles. The first kappa shape index (κ1) is 25.4. The Morgan fingerprint density at radius 2 is 1.70 bits per heavy atom. The molecule has 0 amide bonds. The summed E-state index contributed by atoms with van der Waals surface area (Å²) in [7, 11) is 0. The van der Waals surface area contributed by atoms with Gasteiger partial charge in [-0.2, -0.15) is 0 Å². The maximum atomic E-state index is 6.02. The zero-order chi connectivity index (χ0) is 20.5. The Kier molecular flexibility index (Phi) is 11.4. The number of nitrogens with two attached hydrogens (primary N) is 1. The van der Waals surface area contributed by atoms with Crippen LogP contribution in [0, 0.1) is 11.8 Å². The van der Waals surface area contributed by atoms with Gasteiger partial charge in [-0.1, -0.05) is 38.1 Å². The molecule has 2 fully saturated rings. The van der Waals surface area contributed by atoms with Crippen molar-refractivity contribution in [1.82, 2.24) is 15.1 Å². The van der Waals surface area contributed by atoms with E-state index in [0.29, 0.717) is 12.5 Å². The molecule has 0 bridgehead atoms. The zero-order valence-electron chi connectivity index (χ0n) is 18.7. The second kappa shape index (κ2) is 13.5. The minimum Gasteiger partial charge on any atom is -0.379 e. The Morgan fingerprint density at radius 1 is 1.07 bits per heavy atom. The maximum absolute atomic E-state index is 6.02. The number of benzene rings is 1. The Hall–Kier alpha value is -0.900. The number of rotatable bonds is 8. The van der Waals surface area contributed by atoms with Gasteiger partial charge in [-0.15, -0.1) is 24.0 Å². The van der Waals surface area contributed by atoms with Gasteiger partial charge >= 0.3 is 0 Å². The van der Waals surface area contributed by atoms with Crippen molar-refractivity contribution in [2.75, 3.05) is 52.5 Å². The number of guanidine groups is 1. The summed E-state index contributed by atoms with van der Waals surface area (Å²) < 4.78 is 5.37. The molecule has 2 aliphatic rings. The predicted octanol–water partition coefficient (Wildman–Crippen LogP) is 2.91. The second-order valence-electron chi connectivity index (χ2n) is 8.89. The number of aliphatic imine (C=N–C) groups is 1. The summed E-state index contributed by atoms with van der Waals surface area (Å²) in [5.74, 6) is 2.14. The first-order chi connectivity index (χ1) is 14.1. The summed E-state index contributed by atoms with van der Waals surface area (Å²) in [6, 6.07) is 8.84. The van der Waals surface area contributed by atoms with Crippen LogP contribution in [-0.2, 0) is 17.8 Å². The smallest absolute Gasteiger partial charge is 0.188 e. The van der Waals surface area contributed by atoms with Crippen LogP contribution >= 0.6 is 24.0 Å². The van der Waals surface area contributed by atoms with Crippen molar-refractivity contribution in [2.45, 2.75) is 39.8 Å². The third kappa shape index (κ3) is 9.08. The molecule has 0 saturated carbocycles. The van der Waals surface area contributed by atoms with E-state index in [0.717, 1.165) is 64.2 Å². The van der Waals surface area contributed by atoms with Gasteiger partial charge in [0.25, 0.3) is 0 Å². The van der Waals surface area contributed by atoms with Crippen molar-refractivity contribution < 1.29 is 4.74 Å². The van der Waals surface area contributed by atoms with Crippen LogP contribution in [0.4, 0.5) is 0 Å². The fourth-order valence-electron chi connectivity index (χ4n) is 4.51. The molecule has 6 nitrogen and oxygen atoms in total. The summed E-state index contributed by atoms with van der Waals surface area (Å²) in [5.41, 5.74) is 8.60. The van der Waals surface area contributed by atoms with E-state index in [4.69, 9.17) is 10.5 Å². The average Bonchev–Trinajstić information content (AvgIpc) is 2.71. The minimum atomic E-state index is 0. The van der Waals surface area contributed by atoms with Crippen LogP contribution in [0.1, 0.15) is 37.8 Å². The molecule has 30 heavy (non-hydrogen) atoms. The van der Waals surface area contributed by atoms with Crippen LogP contribution in [-0.4, -0.2) is 68.2 Å². The standard InChI is InChI=1S/C23H39N5O.HI/c1-19-14-20(2)17-28(16-19)18-22-6-4-21(5-7-22)15-26-23(24)25-8-3-9-27-10-12-29-13-11-27;/h4-7,19-20H,3,8-18H2,1-2H3,(H3,24,25,26);1H. The molecule has 2 unspecified atom stereocenters. The molecule has 1 aromatic carbocycles. The largest absolute Gasteiger partial charge is 0.379 e. The van der Waals surface area contributed by atoms with E-state index >= 15 is 0 Å². The Morgan fingerprint density at radius 3 is 2.37 bits per heavy atom. The van der Waals surface area contributed by atoms with E-state index in [-0.39, 0.29) is 24.0 Å². The molecule has 0 radical (unpaired) electrons. The van der Waals surface area contributed by atoms with Gasteiger partial charge in [-0.05, 0) is 42.3 Å². The Balaban J connectivity index is 0.00000320. The van der Waals surface area contributed by atoms with Gasteiger partial charge in [0.15, 0.2) is 5.96 Å². The number of halogens is 1. The highest BCUT2D eigenvalue weighted by Crippen LogP contribution is 2.22. The molecule has 2 saturated heterocycles. The molecule has 0 aromatic heterocycles. The predicted molar refractivity (Wildman–Crippen MR) is 135 cm³/mol. The molecule has 0 spiro atoms. The van der Waals surface area contributed by atoms with E-state index in [1.807, 2.05) is 0 Å². The normalized spacial score (nSPS) is 23.7. The van der Waals surface area contributed by atoms with Crippen LogP contribution in [0.2, 0.25) is 0 Å². The van der Waals surface area contributed by atoms with Gasteiger partial charge in [0, 0.05) is 39.3 Å². The lowest BCUT2D eigenvalue weighted by atomic mass is 9.91. The number of ether oxygens (including phenoxy) is 1. The van der Waals surface area contributed by atoms with Crippen LogP contribution in [0.3, 0.4) is 0 Å². The van der Waals surface area contributed by atoms with Gasteiger partial charge in [0.1, 0.15) is 0 Å². The van der Waals surface area contributed by atoms with E-state index < -0.39 is 0 Å². The number of nitrogens with zero attached hydrogens (tertiary/aromatic N) is 3. The van der Waals surface area contributed by atoms with Crippen molar-refractivity contribution in [3.8, 4) is 0 Å². The van der Waals surface area contributed by atoms with Gasteiger partial charge in [-0.25, -0.2) is 4.99 Å². The van der Waals surface area contributed by atoms with E-state index in [9.17, 15) is 0 Å². The fourth-order valence-corrected chi connectivity index (χ4v) is 4.51. The molecule has 3 N–H and O–H groups in total. The van der Waals surface area contributed by atoms with Crippen LogP contribution < -0.4 is 11.1 Å². The lowest BCUT2D eigenvalue weighted by Gasteiger charge is -2.35. The summed E-state index contributed by atoms with van der Waals surface area (Å²) in [4.78, 5) is 9.51. The lowest BCUT2D eigenvalue weighted by molar-refractivity contribution is 0.0376. The summed E-state index contributed by atoms with van der Waals surface area (Å²) in [6.45, 7) is 14.6. The maximum Gasteiger partial charge on any atom is 0.188 e. The number of likely N-dealkylation sites (tertiary alicyclic amines) is 1. The quantitative estimate of drug-likeness (QED) is 0.235. The third-order valence-corrected chi connectivity index (χ3v) is 5.87. The highest BCUT2D eigenvalue weighted by atomic mass is 127. The number of morpholine rings is 1. The van der Waals surface area contributed by atoms with Crippen molar-refractivity contribution in [1.29, 1.82) is 0 Å². The third-order valence-electron chi connectivity index (χ3n) is 5.87. The number of nitrogens with one attached hydrogen (secondary N) is 1. The molecule has 170 valence electrons. The van der Waals surface area contributed by atoms with Crippen LogP contribution in [0.25, 0.3) is 0 Å². The van der Waals surface area contributed by atoms with Crippen molar-refractivity contribution in [3.05, 3.63) is 35.4 Å². The SMILES string of the molecule is CC1CC(C)CN(Cc2ccc(CN=C(N)NCCCN3CCOCC3)cc2)C1.I. The van der Waals surface area contributed by atoms with E-state index in [2.05, 4.69) is 58.2 Å². The van der Waals surface area contributed by atoms with E-state index in [1.165, 1.54) is 30.6 Å². The van der Waals surface area contributed by atoms with Crippen molar-refractivity contribution >= 4 is 29.9 Å². The zero-order valence-corrected chi connectivity index (χ0v) is 21.0. The number of hydrogen-bond acceptors (Lipinski definition) is 4. The lowest BCUT2D eigenvalue weighted by Crippen LogP contribution is -2.39. The first-order valence-corrected chi connectivity index (χ1v) is 11.2. The molecule has 3 rings (SSSR count). The molecule has 2 atom stereocenters. The Bertz CT molecular complexity index is 623. The van der Waals surface area contributed by atoms with Gasteiger partial charge in [0.2, 0.25) is 0 Å². The Labute approximate surface area is 199 Å². The molecule has 2 aliphatic heterocycles. The molecule has 7 heteroatoms. The molecule has 2 heterocycles. The topological polar surface area (TPSA) is 66.1 Å². The summed E-state index contributed by atoms with van der Waals surface area (Å²) >= 11 is 0. The number of piperidine rings is 1. The van der Waals surface area contributed by atoms with Crippen LogP contribution in [0.15, 0.2) is 29.3 Å². The van der Waals surface area contributed by atoms with E-state index in [1.54, 1.807) is 0 Å². The summed E-state index contributed by atoms with van der Waals surface area (Å²) in [5, 5.41) is 3.23. The molecule has 1 aromatic rings. The van der Waals surface area contributed by atoms with Crippen molar-refractivity contribution in [2.24, 2.45) is 22.6 Å². The highest BCUT2D eigenvalue weighted by Gasteiger charge is 2.21. The van der Waals surface area contributed by atoms with Gasteiger partial charge < -0.3 is 15.8 Å². The fraction of sp³-hybridized carbons (Fsp3) is 0.696. The highest BCUT2D eigenvalue weighted by molar-refractivity contribution is 14.0. The van der Waals surface area contributed by atoms with Crippen molar-refractivity contribution in [3.63, 3.8) is 0 Å². The average molecular weight is 530 g/mol. The van der Waals surface area contributed by atoms with Gasteiger partial charge in [0.05, 0.1) is 19.8 Å². The van der Waals surface area contributed by atoms with Gasteiger partial charge in [-0.3, -0.25) is 9.80 Å². The monoisotopic (exact) mass is 529 g/mol. The molecular weight excluding hydrogens is 489 g/mol. The van der Waals surface area contributed by atoms with Crippen LogP contribution in [0.5, 0.6) is 0 Å². The summed E-state index contributed by atoms with van der Waals surface area (Å²) in [6.07, 6.45) is 2.43. The number of hydrogen-bond donors (Lipinski definition) is 2.